The van der Waals surface area contributed by atoms with Gasteiger partial charge in [0.25, 0.3) is 5.91 Å². The Balaban J connectivity index is 3.00. The normalized spacial score (nSPS) is 9.42. The molecule has 1 aromatic rings. The molecule has 7 nitrogen and oxygen atoms in total. The second-order valence-corrected chi connectivity index (χ2v) is 3.79. The van der Waals surface area contributed by atoms with E-state index < -0.39 is 30.8 Å². The molecule has 19 heavy (non-hydrogen) atoms. The summed E-state index contributed by atoms with van der Waals surface area (Å²) in [5.74, 6) is -2.10. The van der Waals surface area contributed by atoms with Gasteiger partial charge in [0.05, 0.1) is 11.6 Å². The van der Waals surface area contributed by atoms with Gasteiger partial charge >= 0.3 is 0 Å². The monoisotopic (exact) mass is 260 g/mol. The molecule has 0 aliphatic heterocycles. The molecule has 0 aliphatic carbocycles. The van der Waals surface area contributed by atoms with E-state index in [1.54, 1.807) is 0 Å². The molecule has 0 atom stereocenters. The number of hydrogen-bond donors (Lipinski definition) is 2. The van der Waals surface area contributed by atoms with E-state index in [1.165, 1.54) is 24.3 Å². The Labute approximate surface area is 109 Å². The zero-order valence-electron chi connectivity index (χ0n) is 10.00. The van der Waals surface area contributed by atoms with Crippen molar-refractivity contribution in [2.45, 2.75) is 0 Å². The van der Waals surface area contributed by atoms with E-state index >= 15 is 0 Å². The summed E-state index contributed by atoms with van der Waals surface area (Å²) in [5.41, 5.74) is 10.5. The molecule has 1 aromatic carbocycles. The molecule has 3 amide bonds. The molecule has 0 radical (unpaired) electrons. The lowest BCUT2D eigenvalue weighted by Gasteiger charge is -2.19. The largest absolute Gasteiger partial charge is 0.368 e. The van der Waals surface area contributed by atoms with Gasteiger partial charge in [0.2, 0.25) is 11.8 Å². The minimum atomic E-state index is -0.758. The number of benzene rings is 1. The first-order valence-electron chi connectivity index (χ1n) is 5.30. The van der Waals surface area contributed by atoms with Crippen molar-refractivity contribution in [3.8, 4) is 6.07 Å². The molecule has 0 saturated heterocycles. The highest BCUT2D eigenvalue weighted by Gasteiger charge is 2.19. The molecule has 0 spiro atoms. The number of nitriles is 1. The van der Waals surface area contributed by atoms with Gasteiger partial charge in [-0.2, -0.15) is 5.26 Å². The molecule has 0 aromatic heterocycles. The zero-order valence-corrected chi connectivity index (χ0v) is 10.00. The summed E-state index contributed by atoms with van der Waals surface area (Å²) in [6.07, 6.45) is 0. The summed E-state index contributed by atoms with van der Waals surface area (Å²) in [5, 5.41) is 8.75. The van der Waals surface area contributed by atoms with E-state index in [9.17, 15) is 14.4 Å². The van der Waals surface area contributed by atoms with E-state index in [0.29, 0.717) is 5.56 Å². The topological polar surface area (TPSA) is 130 Å². The van der Waals surface area contributed by atoms with Crippen molar-refractivity contribution in [3.05, 3.63) is 35.4 Å². The molecule has 0 fully saturated rings. The van der Waals surface area contributed by atoms with Gasteiger partial charge in [0.1, 0.15) is 13.1 Å². The molecule has 1 rings (SSSR count). The first-order valence-corrected chi connectivity index (χ1v) is 5.30. The third kappa shape index (κ3) is 4.12. The van der Waals surface area contributed by atoms with Crippen molar-refractivity contribution in [1.29, 1.82) is 5.26 Å². The van der Waals surface area contributed by atoms with Crippen LogP contribution in [0.15, 0.2) is 24.3 Å². The standard InChI is InChI=1S/C12H12N4O3/c13-5-8-2-1-3-9(4-8)12(19)16(6-10(14)17)7-11(15)18/h1-4H,6-7H2,(H2,14,17)(H2,15,18). The fraction of sp³-hybridized carbons (Fsp3) is 0.167. The number of rotatable bonds is 5. The Kier molecular flexibility index (Phi) is 4.60. The van der Waals surface area contributed by atoms with Gasteiger partial charge in [-0.1, -0.05) is 6.07 Å². The molecule has 0 aliphatic rings. The summed E-state index contributed by atoms with van der Waals surface area (Å²) in [4.78, 5) is 34.8. The lowest BCUT2D eigenvalue weighted by atomic mass is 10.1. The maximum atomic E-state index is 12.1. The van der Waals surface area contributed by atoms with Crippen LogP contribution in [0.5, 0.6) is 0 Å². The fourth-order valence-electron chi connectivity index (χ4n) is 1.48. The van der Waals surface area contributed by atoms with E-state index in [2.05, 4.69) is 0 Å². The second-order valence-electron chi connectivity index (χ2n) is 3.79. The SMILES string of the molecule is N#Cc1cccc(C(=O)N(CC(N)=O)CC(N)=O)c1. The van der Waals surface area contributed by atoms with Gasteiger partial charge in [0.15, 0.2) is 0 Å². The minimum Gasteiger partial charge on any atom is -0.368 e. The van der Waals surface area contributed by atoms with Gasteiger partial charge in [0, 0.05) is 5.56 Å². The molecule has 98 valence electrons. The lowest BCUT2D eigenvalue weighted by Crippen LogP contribution is -2.43. The van der Waals surface area contributed by atoms with Crippen molar-refractivity contribution < 1.29 is 14.4 Å². The molecule has 0 heterocycles. The molecular formula is C12H12N4O3. The van der Waals surface area contributed by atoms with Gasteiger partial charge in [-0.25, -0.2) is 0 Å². The molecule has 7 heteroatoms. The Morgan fingerprint density at radius 1 is 1.16 bits per heavy atom. The Morgan fingerprint density at radius 3 is 2.21 bits per heavy atom. The molecule has 0 unspecified atom stereocenters. The summed E-state index contributed by atoms with van der Waals surface area (Å²) < 4.78 is 0. The zero-order chi connectivity index (χ0) is 14.4. The number of nitrogens with two attached hydrogens (primary N) is 2. The summed E-state index contributed by atoms with van der Waals surface area (Å²) in [6.45, 7) is -0.836. The number of primary amides is 2. The van der Waals surface area contributed by atoms with Crippen LogP contribution in [0.4, 0.5) is 0 Å². The van der Waals surface area contributed by atoms with Crippen LogP contribution in [0, 0.1) is 11.3 Å². The van der Waals surface area contributed by atoms with E-state index in [-0.39, 0.29) is 5.56 Å². The summed E-state index contributed by atoms with van der Waals surface area (Å²) in [6, 6.07) is 7.77. The fourth-order valence-corrected chi connectivity index (χ4v) is 1.48. The Hall–Kier alpha value is -2.88. The Morgan fingerprint density at radius 2 is 1.74 bits per heavy atom. The van der Waals surface area contributed by atoms with E-state index in [1.807, 2.05) is 6.07 Å². The number of hydrogen-bond acceptors (Lipinski definition) is 4. The van der Waals surface area contributed by atoms with Crippen LogP contribution in [0.1, 0.15) is 15.9 Å². The highest BCUT2D eigenvalue weighted by atomic mass is 16.2. The number of carbonyl (C=O) groups excluding carboxylic acids is 3. The van der Waals surface area contributed by atoms with Crippen molar-refractivity contribution in [3.63, 3.8) is 0 Å². The number of amides is 3. The molecular weight excluding hydrogens is 248 g/mol. The van der Waals surface area contributed by atoms with Crippen LogP contribution in [0.2, 0.25) is 0 Å². The van der Waals surface area contributed by atoms with Gasteiger partial charge in [-0.15, -0.1) is 0 Å². The third-order valence-electron chi connectivity index (χ3n) is 2.22. The molecule has 0 saturated carbocycles. The lowest BCUT2D eigenvalue weighted by molar-refractivity contribution is -0.121. The van der Waals surface area contributed by atoms with Crippen LogP contribution in [-0.2, 0) is 9.59 Å². The molecule has 4 N–H and O–H groups in total. The van der Waals surface area contributed by atoms with E-state index in [0.717, 1.165) is 4.90 Å². The van der Waals surface area contributed by atoms with Crippen molar-refractivity contribution in [2.24, 2.45) is 11.5 Å². The van der Waals surface area contributed by atoms with Crippen molar-refractivity contribution in [1.82, 2.24) is 4.90 Å². The third-order valence-corrected chi connectivity index (χ3v) is 2.22. The summed E-state index contributed by atoms with van der Waals surface area (Å²) in [7, 11) is 0. The van der Waals surface area contributed by atoms with Gasteiger partial charge in [-0.05, 0) is 18.2 Å². The second kappa shape index (κ2) is 6.16. The number of nitrogens with zero attached hydrogens (tertiary/aromatic N) is 2. The van der Waals surface area contributed by atoms with Crippen LogP contribution in [0.3, 0.4) is 0 Å². The van der Waals surface area contributed by atoms with E-state index in [4.69, 9.17) is 16.7 Å². The summed E-state index contributed by atoms with van der Waals surface area (Å²) >= 11 is 0. The van der Waals surface area contributed by atoms with Gasteiger partial charge in [-0.3, -0.25) is 14.4 Å². The minimum absolute atomic E-state index is 0.182. The average Bonchev–Trinajstić information content (AvgIpc) is 2.36. The smallest absolute Gasteiger partial charge is 0.254 e. The van der Waals surface area contributed by atoms with Crippen LogP contribution in [0.25, 0.3) is 0 Å². The quantitative estimate of drug-likeness (QED) is 0.700. The van der Waals surface area contributed by atoms with Crippen LogP contribution < -0.4 is 11.5 Å². The molecule has 0 bridgehead atoms. The predicted octanol–water partition coefficient (Wildman–Crippen LogP) is -1.03. The predicted molar refractivity (Wildman–Crippen MR) is 65.4 cm³/mol. The highest BCUT2D eigenvalue weighted by molar-refractivity contribution is 5.98. The first-order chi connectivity index (χ1) is 8.93. The van der Waals surface area contributed by atoms with Gasteiger partial charge < -0.3 is 16.4 Å². The van der Waals surface area contributed by atoms with Crippen molar-refractivity contribution in [2.75, 3.05) is 13.1 Å². The average molecular weight is 260 g/mol. The van der Waals surface area contributed by atoms with Crippen LogP contribution in [-0.4, -0.2) is 35.7 Å². The Bertz CT molecular complexity index is 546. The first kappa shape index (κ1) is 14.2. The van der Waals surface area contributed by atoms with Crippen molar-refractivity contribution >= 4 is 17.7 Å². The van der Waals surface area contributed by atoms with Crippen LogP contribution >= 0.6 is 0 Å². The maximum absolute atomic E-state index is 12.1. The number of carbonyl (C=O) groups is 3. The maximum Gasteiger partial charge on any atom is 0.254 e. The highest BCUT2D eigenvalue weighted by Crippen LogP contribution is 2.07.